The fourth-order valence-corrected chi connectivity index (χ4v) is 3.21. The van der Waals surface area contributed by atoms with Crippen molar-refractivity contribution in [3.8, 4) is 0 Å². The standard InChI is InChI=1S/C11H22N2O4S/c1-13(7-8-18(12,16)17)11(9-10(14)15)5-3-2-4-6-11/h2-9H2,1H3,(H,14,15)(H2,12,16,17). The molecule has 18 heavy (non-hydrogen) atoms. The summed E-state index contributed by atoms with van der Waals surface area (Å²) < 4.78 is 22.0. The summed E-state index contributed by atoms with van der Waals surface area (Å²) in [6.07, 6.45) is 4.78. The van der Waals surface area contributed by atoms with E-state index in [2.05, 4.69) is 0 Å². The molecule has 7 heteroatoms. The molecule has 6 nitrogen and oxygen atoms in total. The van der Waals surface area contributed by atoms with Crippen molar-refractivity contribution < 1.29 is 18.3 Å². The Morgan fingerprint density at radius 2 is 1.89 bits per heavy atom. The van der Waals surface area contributed by atoms with Gasteiger partial charge in [-0.1, -0.05) is 19.3 Å². The highest BCUT2D eigenvalue weighted by Gasteiger charge is 2.38. The Hall–Kier alpha value is -0.660. The van der Waals surface area contributed by atoms with Gasteiger partial charge in [-0.3, -0.25) is 9.69 Å². The van der Waals surface area contributed by atoms with E-state index in [1.807, 2.05) is 4.90 Å². The summed E-state index contributed by atoms with van der Waals surface area (Å²) in [4.78, 5) is 12.9. The van der Waals surface area contributed by atoms with Gasteiger partial charge in [-0.05, 0) is 19.9 Å². The molecule has 3 N–H and O–H groups in total. The molecule has 1 saturated carbocycles. The van der Waals surface area contributed by atoms with Crippen LogP contribution in [0.4, 0.5) is 0 Å². The lowest BCUT2D eigenvalue weighted by atomic mass is 9.78. The minimum Gasteiger partial charge on any atom is -0.481 e. The molecule has 0 spiro atoms. The number of hydrogen-bond donors (Lipinski definition) is 2. The summed E-state index contributed by atoms with van der Waals surface area (Å²) in [5, 5.41) is 14.0. The smallest absolute Gasteiger partial charge is 0.305 e. The molecule has 0 bridgehead atoms. The summed E-state index contributed by atoms with van der Waals surface area (Å²) >= 11 is 0. The van der Waals surface area contributed by atoms with Gasteiger partial charge in [-0.25, -0.2) is 13.6 Å². The fraction of sp³-hybridized carbons (Fsp3) is 0.909. The van der Waals surface area contributed by atoms with Crippen LogP contribution in [0.2, 0.25) is 0 Å². The van der Waals surface area contributed by atoms with Crippen LogP contribution >= 0.6 is 0 Å². The number of sulfonamides is 1. The van der Waals surface area contributed by atoms with Gasteiger partial charge in [-0.2, -0.15) is 0 Å². The van der Waals surface area contributed by atoms with E-state index < -0.39 is 21.5 Å². The first-order valence-electron chi connectivity index (χ1n) is 6.19. The van der Waals surface area contributed by atoms with E-state index in [0.717, 1.165) is 32.1 Å². The van der Waals surface area contributed by atoms with E-state index in [1.165, 1.54) is 0 Å². The lowest BCUT2D eigenvalue weighted by molar-refractivity contribution is -0.141. The van der Waals surface area contributed by atoms with Crippen molar-refractivity contribution in [2.24, 2.45) is 5.14 Å². The third-order valence-corrected chi connectivity index (χ3v) is 4.54. The average Bonchev–Trinajstić information content (AvgIpc) is 2.25. The molecule has 1 aliphatic carbocycles. The molecule has 0 radical (unpaired) electrons. The lowest BCUT2D eigenvalue weighted by Gasteiger charge is -2.43. The molecule has 0 saturated heterocycles. The maximum absolute atomic E-state index is 11.0. The van der Waals surface area contributed by atoms with E-state index in [9.17, 15) is 13.2 Å². The van der Waals surface area contributed by atoms with Gasteiger partial charge in [0.1, 0.15) is 0 Å². The third kappa shape index (κ3) is 4.55. The molecule has 106 valence electrons. The van der Waals surface area contributed by atoms with Gasteiger partial charge in [0.15, 0.2) is 0 Å². The zero-order chi connectivity index (χ0) is 13.8. The van der Waals surface area contributed by atoms with Crippen molar-refractivity contribution in [1.82, 2.24) is 4.90 Å². The number of nitrogens with zero attached hydrogens (tertiary/aromatic N) is 1. The van der Waals surface area contributed by atoms with Crippen LogP contribution < -0.4 is 5.14 Å². The molecule has 0 atom stereocenters. The van der Waals surface area contributed by atoms with Gasteiger partial charge < -0.3 is 5.11 Å². The number of nitrogens with two attached hydrogens (primary N) is 1. The minimum atomic E-state index is -3.50. The number of rotatable bonds is 6. The topological polar surface area (TPSA) is 101 Å². The summed E-state index contributed by atoms with van der Waals surface area (Å²) in [6.45, 7) is 0.284. The number of carboxylic acids is 1. The van der Waals surface area contributed by atoms with Crippen molar-refractivity contribution >= 4 is 16.0 Å². The Morgan fingerprint density at radius 1 is 1.33 bits per heavy atom. The van der Waals surface area contributed by atoms with Crippen molar-refractivity contribution in [3.63, 3.8) is 0 Å². The van der Waals surface area contributed by atoms with Gasteiger partial charge in [-0.15, -0.1) is 0 Å². The van der Waals surface area contributed by atoms with E-state index in [4.69, 9.17) is 10.2 Å². The maximum atomic E-state index is 11.0. The van der Waals surface area contributed by atoms with Crippen molar-refractivity contribution in [2.75, 3.05) is 19.3 Å². The highest BCUT2D eigenvalue weighted by molar-refractivity contribution is 7.89. The van der Waals surface area contributed by atoms with Crippen LogP contribution in [-0.2, 0) is 14.8 Å². The van der Waals surface area contributed by atoms with Crippen LogP contribution in [-0.4, -0.2) is 49.3 Å². The van der Waals surface area contributed by atoms with Crippen LogP contribution in [0.5, 0.6) is 0 Å². The summed E-state index contributed by atoms with van der Waals surface area (Å²) in [5.41, 5.74) is -0.408. The van der Waals surface area contributed by atoms with Crippen LogP contribution in [0, 0.1) is 0 Å². The Kier molecular flexibility index (Phi) is 5.12. The molecular formula is C11H22N2O4S. The molecule has 0 aromatic carbocycles. The zero-order valence-electron chi connectivity index (χ0n) is 10.8. The van der Waals surface area contributed by atoms with Crippen LogP contribution in [0.15, 0.2) is 0 Å². The van der Waals surface area contributed by atoms with E-state index >= 15 is 0 Å². The number of hydrogen-bond acceptors (Lipinski definition) is 4. The second kappa shape index (κ2) is 5.99. The first-order valence-corrected chi connectivity index (χ1v) is 7.90. The van der Waals surface area contributed by atoms with Crippen molar-refractivity contribution in [2.45, 2.75) is 44.1 Å². The first-order chi connectivity index (χ1) is 8.25. The molecule has 1 rings (SSSR count). The largest absolute Gasteiger partial charge is 0.481 e. The second-order valence-electron chi connectivity index (χ2n) is 5.14. The molecule has 1 aliphatic rings. The summed E-state index contributed by atoms with van der Waals surface area (Å²) in [7, 11) is -1.71. The fourth-order valence-electron chi connectivity index (χ4n) is 2.69. The maximum Gasteiger partial charge on any atom is 0.305 e. The predicted molar refractivity (Wildman–Crippen MR) is 68.7 cm³/mol. The third-order valence-electron chi connectivity index (χ3n) is 3.79. The van der Waals surface area contributed by atoms with Crippen molar-refractivity contribution in [3.05, 3.63) is 0 Å². The SMILES string of the molecule is CN(CCS(N)(=O)=O)C1(CC(=O)O)CCCCC1. The molecule has 0 heterocycles. The van der Waals surface area contributed by atoms with E-state index in [1.54, 1.807) is 7.05 Å². The quantitative estimate of drug-likeness (QED) is 0.731. The zero-order valence-corrected chi connectivity index (χ0v) is 11.6. The highest BCUT2D eigenvalue weighted by Crippen LogP contribution is 2.35. The van der Waals surface area contributed by atoms with E-state index in [-0.39, 0.29) is 18.7 Å². The molecular weight excluding hydrogens is 256 g/mol. The summed E-state index contributed by atoms with van der Waals surface area (Å²) in [5.74, 6) is -0.968. The molecule has 0 aromatic heterocycles. The van der Waals surface area contributed by atoms with Crippen LogP contribution in [0.3, 0.4) is 0 Å². The minimum absolute atomic E-state index is 0.0636. The number of primary sulfonamides is 1. The summed E-state index contributed by atoms with van der Waals surface area (Å²) in [6, 6.07) is 0. The van der Waals surface area contributed by atoms with Gasteiger partial charge in [0.25, 0.3) is 0 Å². The van der Waals surface area contributed by atoms with Crippen LogP contribution in [0.25, 0.3) is 0 Å². The monoisotopic (exact) mass is 278 g/mol. The predicted octanol–water partition coefficient (Wildman–Crippen LogP) is 0.384. The molecule has 0 unspecified atom stereocenters. The molecule has 0 amide bonds. The Bertz CT molecular complexity index is 388. The van der Waals surface area contributed by atoms with Gasteiger partial charge in [0.05, 0.1) is 12.2 Å². The molecule has 0 aromatic rings. The Balaban J connectivity index is 2.72. The van der Waals surface area contributed by atoms with Gasteiger partial charge >= 0.3 is 5.97 Å². The normalized spacial score (nSPS) is 19.9. The van der Waals surface area contributed by atoms with Crippen LogP contribution in [0.1, 0.15) is 38.5 Å². The average molecular weight is 278 g/mol. The highest BCUT2D eigenvalue weighted by atomic mass is 32.2. The Labute approximate surface area is 108 Å². The Morgan fingerprint density at radius 3 is 2.33 bits per heavy atom. The number of carbonyl (C=O) groups is 1. The van der Waals surface area contributed by atoms with E-state index in [0.29, 0.717) is 0 Å². The second-order valence-corrected chi connectivity index (χ2v) is 6.88. The number of carboxylic acid groups (broad SMARTS) is 1. The molecule has 0 aliphatic heterocycles. The lowest BCUT2D eigenvalue weighted by Crippen LogP contribution is -2.51. The number of aliphatic carboxylic acids is 1. The van der Waals surface area contributed by atoms with Gasteiger partial charge in [0.2, 0.25) is 10.0 Å². The van der Waals surface area contributed by atoms with Gasteiger partial charge in [0, 0.05) is 12.1 Å². The molecule has 1 fully saturated rings. The van der Waals surface area contributed by atoms with Crippen molar-refractivity contribution in [1.29, 1.82) is 0 Å². The first kappa shape index (κ1) is 15.4.